The van der Waals surface area contributed by atoms with Crippen LogP contribution in [0.5, 0.6) is 5.75 Å². The summed E-state index contributed by atoms with van der Waals surface area (Å²) in [7, 11) is 0. The first-order valence-corrected chi connectivity index (χ1v) is 8.38. The first-order chi connectivity index (χ1) is 10.6. The molecule has 1 N–H and O–H groups in total. The van der Waals surface area contributed by atoms with E-state index in [0.29, 0.717) is 10.7 Å². The number of likely N-dealkylation sites (tertiary alicyclic amines) is 1. The third-order valence-corrected chi connectivity index (χ3v) is 4.25. The zero-order valence-corrected chi connectivity index (χ0v) is 14.1. The van der Waals surface area contributed by atoms with Gasteiger partial charge in [0.15, 0.2) is 5.11 Å². The molecule has 1 aromatic carbocycles. The molecule has 0 radical (unpaired) electrons. The van der Waals surface area contributed by atoms with Gasteiger partial charge in [-0.3, -0.25) is 10.1 Å². The van der Waals surface area contributed by atoms with Crippen LogP contribution in [0.3, 0.4) is 0 Å². The fraction of sp³-hybridized carbons (Fsp3) is 0.529. The second-order valence-electron chi connectivity index (χ2n) is 5.67. The van der Waals surface area contributed by atoms with Crippen molar-refractivity contribution in [2.45, 2.75) is 45.6 Å². The van der Waals surface area contributed by atoms with E-state index in [2.05, 4.69) is 17.1 Å². The number of rotatable bonds is 4. The van der Waals surface area contributed by atoms with Crippen molar-refractivity contribution in [3.63, 3.8) is 0 Å². The van der Waals surface area contributed by atoms with Crippen molar-refractivity contribution < 1.29 is 9.53 Å². The van der Waals surface area contributed by atoms with E-state index in [4.69, 9.17) is 17.0 Å². The number of carbonyl (C=O) groups excluding carboxylic acids is 1. The molecule has 0 bridgehead atoms. The minimum absolute atomic E-state index is 0.161. The quantitative estimate of drug-likeness (QED) is 0.864. The van der Waals surface area contributed by atoms with E-state index in [1.54, 1.807) is 12.1 Å². The van der Waals surface area contributed by atoms with Gasteiger partial charge in [-0.1, -0.05) is 6.92 Å². The summed E-state index contributed by atoms with van der Waals surface area (Å²) in [6.45, 7) is 5.97. The highest BCUT2D eigenvalue weighted by Gasteiger charge is 2.16. The van der Waals surface area contributed by atoms with Crippen LogP contribution in [0.25, 0.3) is 0 Å². The maximum absolute atomic E-state index is 12.2. The van der Waals surface area contributed by atoms with Crippen LogP contribution in [0.4, 0.5) is 0 Å². The van der Waals surface area contributed by atoms with Gasteiger partial charge in [0.1, 0.15) is 5.75 Å². The SMILES string of the molecule is CCC(C)Oc1ccc(C(=O)NC(=S)N2CCCCC2)cc1. The van der Waals surface area contributed by atoms with E-state index in [1.165, 1.54) is 6.42 Å². The van der Waals surface area contributed by atoms with Crippen molar-refractivity contribution in [1.82, 2.24) is 10.2 Å². The van der Waals surface area contributed by atoms with Gasteiger partial charge < -0.3 is 9.64 Å². The lowest BCUT2D eigenvalue weighted by Crippen LogP contribution is -2.44. The van der Waals surface area contributed by atoms with E-state index in [9.17, 15) is 4.79 Å². The van der Waals surface area contributed by atoms with Gasteiger partial charge in [0, 0.05) is 18.7 Å². The van der Waals surface area contributed by atoms with Crippen LogP contribution in [0, 0.1) is 0 Å². The van der Waals surface area contributed by atoms with Gasteiger partial charge in [0.2, 0.25) is 0 Å². The molecular weight excluding hydrogens is 296 g/mol. The molecule has 1 atom stereocenters. The maximum atomic E-state index is 12.2. The number of carbonyl (C=O) groups is 1. The van der Waals surface area contributed by atoms with Crippen LogP contribution >= 0.6 is 12.2 Å². The fourth-order valence-corrected chi connectivity index (χ4v) is 2.62. The molecule has 4 nitrogen and oxygen atoms in total. The summed E-state index contributed by atoms with van der Waals surface area (Å²) in [6, 6.07) is 7.19. The minimum Gasteiger partial charge on any atom is -0.491 e. The number of amides is 1. The van der Waals surface area contributed by atoms with Crippen LogP contribution in [-0.2, 0) is 0 Å². The van der Waals surface area contributed by atoms with E-state index >= 15 is 0 Å². The Hall–Kier alpha value is -1.62. The molecule has 1 aromatic rings. The summed E-state index contributed by atoms with van der Waals surface area (Å²) in [4.78, 5) is 14.3. The number of nitrogens with zero attached hydrogens (tertiary/aromatic N) is 1. The number of thiocarbonyl (C=S) groups is 1. The average molecular weight is 320 g/mol. The molecule has 1 heterocycles. The Morgan fingerprint density at radius 1 is 1.27 bits per heavy atom. The Bertz CT molecular complexity index is 510. The topological polar surface area (TPSA) is 41.6 Å². The Morgan fingerprint density at radius 3 is 2.50 bits per heavy atom. The largest absolute Gasteiger partial charge is 0.491 e. The van der Waals surface area contributed by atoms with Gasteiger partial charge in [-0.25, -0.2) is 0 Å². The molecule has 1 aliphatic heterocycles. The average Bonchev–Trinajstić information content (AvgIpc) is 2.56. The van der Waals surface area contributed by atoms with Gasteiger partial charge in [-0.05, 0) is 69.1 Å². The normalized spacial score (nSPS) is 16.0. The van der Waals surface area contributed by atoms with Crippen molar-refractivity contribution >= 4 is 23.2 Å². The van der Waals surface area contributed by atoms with E-state index in [-0.39, 0.29) is 12.0 Å². The molecule has 120 valence electrons. The van der Waals surface area contributed by atoms with Crippen molar-refractivity contribution in [2.75, 3.05) is 13.1 Å². The van der Waals surface area contributed by atoms with Gasteiger partial charge in [0.05, 0.1) is 6.10 Å². The second kappa shape index (κ2) is 8.13. The summed E-state index contributed by atoms with van der Waals surface area (Å²) in [5, 5.41) is 3.35. The second-order valence-corrected chi connectivity index (χ2v) is 6.05. The molecule has 0 saturated carbocycles. The monoisotopic (exact) mass is 320 g/mol. The van der Waals surface area contributed by atoms with Crippen molar-refractivity contribution in [3.05, 3.63) is 29.8 Å². The van der Waals surface area contributed by atoms with Gasteiger partial charge >= 0.3 is 0 Å². The smallest absolute Gasteiger partial charge is 0.257 e. The number of nitrogens with one attached hydrogen (secondary N) is 1. The van der Waals surface area contributed by atoms with Crippen LogP contribution in [0.2, 0.25) is 0 Å². The number of ether oxygens (including phenoxy) is 1. The summed E-state index contributed by atoms with van der Waals surface area (Å²) >= 11 is 5.32. The Kier molecular flexibility index (Phi) is 6.19. The molecule has 0 aliphatic carbocycles. The zero-order chi connectivity index (χ0) is 15.9. The molecule has 0 aromatic heterocycles. The van der Waals surface area contributed by atoms with Crippen LogP contribution in [0.15, 0.2) is 24.3 Å². The summed E-state index contributed by atoms with van der Waals surface area (Å²) in [5.74, 6) is 0.621. The van der Waals surface area contributed by atoms with Crippen LogP contribution < -0.4 is 10.1 Å². The molecule has 2 rings (SSSR count). The highest BCUT2D eigenvalue weighted by Crippen LogP contribution is 2.15. The summed E-state index contributed by atoms with van der Waals surface area (Å²) in [5.41, 5.74) is 0.593. The zero-order valence-electron chi connectivity index (χ0n) is 13.3. The molecule has 1 saturated heterocycles. The van der Waals surface area contributed by atoms with E-state index in [0.717, 1.165) is 38.1 Å². The summed E-state index contributed by atoms with van der Waals surface area (Å²) in [6.07, 6.45) is 4.64. The van der Waals surface area contributed by atoms with Gasteiger partial charge in [-0.15, -0.1) is 0 Å². The van der Waals surface area contributed by atoms with Crippen molar-refractivity contribution in [3.8, 4) is 5.75 Å². The molecule has 22 heavy (non-hydrogen) atoms. The molecular formula is C17H24N2O2S. The molecule has 1 aliphatic rings. The predicted octanol–water partition coefficient (Wildman–Crippen LogP) is 3.36. The summed E-state index contributed by atoms with van der Waals surface area (Å²) < 4.78 is 5.71. The van der Waals surface area contributed by atoms with E-state index in [1.807, 2.05) is 19.1 Å². The molecule has 1 unspecified atom stereocenters. The van der Waals surface area contributed by atoms with Gasteiger partial charge in [0.25, 0.3) is 5.91 Å². The Balaban J connectivity index is 1.90. The number of benzene rings is 1. The first kappa shape index (κ1) is 16.7. The number of hydrogen-bond acceptors (Lipinski definition) is 3. The van der Waals surface area contributed by atoms with Crippen molar-refractivity contribution in [1.29, 1.82) is 0 Å². The lowest BCUT2D eigenvalue weighted by Gasteiger charge is -2.28. The molecule has 5 heteroatoms. The highest BCUT2D eigenvalue weighted by atomic mass is 32.1. The Morgan fingerprint density at radius 2 is 1.91 bits per heavy atom. The minimum atomic E-state index is -0.161. The fourth-order valence-electron chi connectivity index (χ4n) is 2.35. The number of piperidine rings is 1. The number of hydrogen-bond donors (Lipinski definition) is 1. The molecule has 1 fully saturated rings. The van der Waals surface area contributed by atoms with Gasteiger partial charge in [-0.2, -0.15) is 0 Å². The van der Waals surface area contributed by atoms with E-state index < -0.39 is 0 Å². The van der Waals surface area contributed by atoms with Crippen LogP contribution in [-0.4, -0.2) is 35.1 Å². The predicted molar refractivity (Wildman–Crippen MR) is 92.3 cm³/mol. The Labute approximate surface area is 137 Å². The maximum Gasteiger partial charge on any atom is 0.257 e. The highest BCUT2D eigenvalue weighted by molar-refractivity contribution is 7.80. The lowest BCUT2D eigenvalue weighted by atomic mass is 10.1. The third-order valence-electron chi connectivity index (χ3n) is 3.89. The molecule has 0 spiro atoms. The van der Waals surface area contributed by atoms with Crippen molar-refractivity contribution in [2.24, 2.45) is 0 Å². The third kappa shape index (κ3) is 4.70. The standard InChI is InChI=1S/C17H24N2O2S/c1-3-13(2)21-15-9-7-14(8-10-15)16(20)18-17(22)19-11-5-4-6-12-19/h7-10,13H,3-6,11-12H2,1-2H3,(H,18,20,22). The first-order valence-electron chi connectivity index (χ1n) is 7.97. The van der Waals surface area contributed by atoms with Crippen LogP contribution in [0.1, 0.15) is 49.9 Å². The molecule has 1 amide bonds. The lowest BCUT2D eigenvalue weighted by molar-refractivity contribution is 0.0972.